The molecule has 0 aromatic heterocycles. The summed E-state index contributed by atoms with van der Waals surface area (Å²) in [6.45, 7) is 0.175. The van der Waals surface area contributed by atoms with Gasteiger partial charge in [0.2, 0.25) is 0 Å². The molecule has 0 aromatic carbocycles. The Bertz CT molecular complexity index is 154. The van der Waals surface area contributed by atoms with Gasteiger partial charge in [0, 0.05) is 6.54 Å². The lowest BCUT2D eigenvalue weighted by molar-refractivity contribution is -0.259. The third-order valence-corrected chi connectivity index (χ3v) is 2.14. The molecule has 1 saturated heterocycles. The van der Waals surface area contributed by atoms with Crippen molar-refractivity contribution < 1.29 is 18.3 Å². The van der Waals surface area contributed by atoms with Crippen molar-refractivity contribution >= 4 is 12.4 Å². The summed E-state index contributed by atoms with van der Waals surface area (Å²) in [5.41, 5.74) is -2.51. The summed E-state index contributed by atoms with van der Waals surface area (Å²) in [4.78, 5) is 0. The monoisotopic (exact) mass is 219 g/mol. The van der Waals surface area contributed by atoms with Crippen LogP contribution in [0.15, 0.2) is 0 Å². The Hall–Kier alpha value is -0.0000000000000000486. The average molecular weight is 220 g/mol. The van der Waals surface area contributed by atoms with Crippen molar-refractivity contribution in [3.05, 3.63) is 0 Å². The van der Waals surface area contributed by atoms with Gasteiger partial charge in [-0.2, -0.15) is 13.2 Å². The summed E-state index contributed by atoms with van der Waals surface area (Å²) in [5, 5.41) is 11.8. The average Bonchev–Trinajstić information content (AvgIpc) is 2.12. The predicted molar refractivity (Wildman–Crippen MR) is 45.0 cm³/mol. The normalized spacial score (nSPS) is 30.5. The first kappa shape index (κ1) is 13.0. The minimum Gasteiger partial charge on any atom is -0.379 e. The van der Waals surface area contributed by atoms with E-state index in [2.05, 4.69) is 5.32 Å². The summed E-state index contributed by atoms with van der Waals surface area (Å²) in [6, 6.07) is 0. The maximum absolute atomic E-state index is 12.2. The van der Waals surface area contributed by atoms with Gasteiger partial charge in [-0.05, 0) is 25.8 Å². The molecule has 1 fully saturated rings. The van der Waals surface area contributed by atoms with Crippen LogP contribution >= 0.6 is 12.4 Å². The molecule has 1 atom stereocenters. The summed E-state index contributed by atoms with van der Waals surface area (Å²) < 4.78 is 36.6. The Kier molecular flexibility index (Phi) is 4.48. The van der Waals surface area contributed by atoms with Crippen LogP contribution in [0, 0.1) is 0 Å². The zero-order chi connectivity index (χ0) is 9.24. The van der Waals surface area contributed by atoms with Crippen molar-refractivity contribution in [3.8, 4) is 0 Å². The Labute approximate surface area is 80.9 Å². The van der Waals surface area contributed by atoms with Gasteiger partial charge in [0.25, 0.3) is 0 Å². The van der Waals surface area contributed by atoms with Crippen molar-refractivity contribution in [3.63, 3.8) is 0 Å². The Morgan fingerprint density at radius 1 is 1.23 bits per heavy atom. The Morgan fingerprint density at radius 2 is 1.85 bits per heavy atom. The molecule has 1 aliphatic heterocycles. The SMILES string of the molecule is Cl.OC1(C(F)(F)F)CCCCNC1. The van der Waals surface area contributed by atoms with Gasteiger partial charge in [-0.3, -0.25) is 0 Å². The minimum atomic E-state index is -4.51. The van der Waals surface area contributed by atoms with Crippen molar-refractivity contribution in [2.24, 2.45) is 0 Å². The largest absolute Gasteiger partial charge is 0.418 e. The highest BCUT2D eigenvalue weighted by atomic mass is 35.5. The molecule has 0 bridgehead atoms. The van der Waals surface area contributed by atoms with Crippen LogP contribution in [0.1, 0.15) is 19.3 Å². The van der Waals surface area contributed by atoms with E-state index >= 15 is 0 Å². The van der Waals surface area contributed by atoms with E-state index in [9.17, 15) is 18.3 Å². The predicted octanol–water partition coefficient (Wildman–Crippen LogP) is 1.48. The fourth-order valence-corrected chi connectivity index (χ4v) is 1.29. The van der Waals surface area contributed by atoms with Crippen molar-refractivity contribution in [2.75, 3.05) is 13.1 Å². The molecule has 1 rings (SSSR count). The number of halogens is 4. The van der Waals surface area contributed by atoms with Gasteiger partial charge >= 0.3 is 6.18 Å². The zero-order valence-electron chi connectivity index (χ0n) is 7.02. The highest BCUT2D eigenvalue weighted by Gasteiger charge is 2.53. The number of rotatable bonds is 0. The van der Waals surface area contributed by atoms with E-state index in [0.29, 0.717) is 19.4 Å². The van der Waals surface area contributed by atoms with Gasteiger partial charge in [-0.1, -0.05) is 0 Å². The first-order valence-corrected chi connectivity index (χ1v) is 3.95. The first-order valence-electron chi connectivity index (χ1n) is 3.95. The standard InChI is InChI=1S/C7H12F3NO.ClH/c8-7(9,10)6(12)3-1-2-4-11-5-6;/h11-12H,1-5H2;1H. The Morgan fingerprint density at radius 3 is 2.38 bits per heavy atom. The van der Waals surface area contributed by atoms with Gasteiger partial charge in [-0.25, -0.2) is 0 Å². The second kappa shape index (κ2) is 4.48. The van der Waals surface area contributed by atoms with Crippen LogP contribution in [0.25, 0.3) is 0 Å². The smallest absolute Gasteiger partial charge is 0.379 e. The second-order valence-electron chi connectivity index (χ2n) is 3.16. The van der Waals surface area contributed by atoms with Crippen LogP contribution in [0.2, 0.25) is 0 Å². The lowest BCUT2D eigenvalue weighted by Crippen LogP contribution is -2.51. The number of nitrogens with one attached hydrogen (secondary N) is 1. The molecule has 0 aliphatic carbocycles. The van der Waals surface area contributed by atoms with Gasteiger partial charge in [0.05, 0.1) is 0 Å². The molecular formula is C7H13ClF3NO. The fourth-order valence-electron chi connectivity index (χ4n) is 1.29. The molecule has 2 nitrogen and oxygen atoms in total. The van der Waals surface area contributed by atoms with Crippen molar-refractivity contribution in [1.82, 2.24) is 5.32 Å². The van der Waals surface area contributed by atoms with E-state index in [0.717, 1.165) is 0 Å². The number of hydrogen-bond donors (Lipinski definition) is 2. The molecule has 0 radical (unpaired) electrons. The van der Waals surface area contributed by atoms with E-state index < -0.39 is 11.8 Å². The Balaban J connectivity index is 0.00000144. The molecular weight excluding hydrogens is 207 g/mol. The maximum atomic E-state index is 12.2. The highest BCUT2D eigenvalue weighted by molar-refractivity contribution is 5.85. The third-order valence-electron chi connectivity index (χ3n) is 2.14. The van der Waals surface area contributed by atoms with Crippen LogP contribution in [0.3, 0.4) is 0 Å². The fraction of sp³-hybridized carbons (Fsp3) is 1.00. The molecule has 0 amide bonds. The van der Waals surface area contributed by atoms with E-state index in [4.69, 9.17) is 0 Å². The molecule has 2 N–H and O–H groups in total. The van der Waals surface area contributed by atoms with Crippen LogP contribution in [0.4, 0.5) is 13.2 Å². The summed E-state index contributed by atoms with van der Waals surface area (Å²) >= 11 is 0. The quantitative estimate of drug-likeness (QED) is 0.647. The van der Waals surface area contributed by atoms with Gasteiger partial charge < -0.3 is 10.4 Å². The molecule has 0 saturated carbocycles. The maximum Gasteiger partial charge on any atom is 0.418 e. The van der Waals surface area contributed by atoms with Crippen molar-refractivity contribution in [2.45, 2.75) is 31.0 Å². The summed E-state index contributed by atoms with van der Waals surface area (Å²) in [6.07, 6.45) is -3.59. The van der Waals surface area contributed by atoms with Crippen LogP contribution in [-0.4, -0.2) is 30.0 Å². The van der Waals surface area contributed by atoms with Crippen LogP contribution in [-0.2, 0) is 0 Å². The van der Waals surface area contributed by atoms with Gasteiger partial charge in [0.15, 0.2) is 5.60 Å². The first-order chi connectivity index (χ1) is 5.46. The van der Waals surface area contributed by atoms with E-state index in [1.54, 1.807) is 0 Å². The van der Waals surface area contributed by atoms with E-state index in [1.807, 2.05) is 0 Å². The lowest BCUT2D eigenvalue weighted by Gasteiger charge is -2.28. The molecule has 0 spiro atoms. The topological polar surface area (TPSA) is 32.3 Å². The molecule has 0 aromatic rings. The lowest BCUT2D eigenvalue weighted by atomic mass is 9.97. The minimum absolute atomic E-state index is 0. The molecule has 1 aliphatic rings. The van der Waals surface area contributed by atoms with Gasteiger partial charge in [-0.15, -0.1) is 12.4 Å². The zero-order valence-corrected chi connectivity index (χ0v) is 7.84. The summed E-state index contributed by atoms with van der Waals surface area (Å²) in [7, 11) is 0. The van der Waals surface area contributed by atoms with Crippen molar-refractivity contribution in [1.29, 1.82) is 0 Å². The molecule has 80 valence electrons. The second-order valence-corrected chi connectivity index (χ2v) is 3.16. The van der Waals surface area contributed by atoms with Gasteiger partial charge in [0.1, 0.15) is 0 Å². The molecule has 1 unspecified atom stereocenters. The number of β-amino-alcohol motifs (C(OH)–C–C–N with tert-alkyl or cyclic N) is 1. The number of alkyl halides is 3. The van der Waals surface area contributed by atoms with E-state index in [-0.39, 0.29) is 25.4 Å². The molecule has 1 heterocycles. The van der Waals surface area contributed by atoms with Crippen LogP contribution < -0.4 is 5.32 Å². The third kappa shape index (κ3) is 3.00. The summed E-state index contributed by atoms with van der Waals surface area (Å²) in [5.74, 6) is 0. The highest BCUT2D eigenvalue weighted by Crippen LogP contribution is 2.34. The molecule has 6 heteroatoms. The molecule has 13 heavy (non-hydrogen) atoms. The number of aliphatic hydroxyl groups is 1. The van der Waals surface area contributed by atoms with E-state index in [1.165, 1.54) is 0 Å². The number of hydrogen-bond acceptors (Lipinski definition) is 2. The van der Waals surface area contributed by atoms with Crippen LogP contribution in [0.5, 0.6) is 0 Å².